The van der Waals surface area contributed by atoms with Gasteiger partial charge < -0.3 is 16.0 Å². The fraction of sp³-hybridized carbons (Fsp3) is 0.0667. The van der Waals surface area contributed by atoms with Gasteiger partial charge in [-0.05, 0) is 42.8 Å². The van der Waals surface area contributed by atoms with E-state index in [1.165, 1.54) is 18.5 Å². The second kappa shape index (κ2) is 4.90. The molecule has 0 spiro atoms. The van der Waals surface area contributed by atoms with Crippen LogP contribution in [0.25, 0.3) is 10.9 Å². The molecule has 0 aliphatic rings. The van der Waals surface area contributed by atoms with Crippen LogP contribution in [0, 0.1) is 12.7 Å². The number of anilines is 3. The van der Waals surface area contributed by atoms with Gasteiger partial charge in [0.05, 0.1) is 28.6 Å². The summed E-state index contributed by atoms with van der Waals surface area (Å²) < 4.78 is 13.4. The molecule has 1 aromatic heterocycles. The van der Waals surface area contributed by atoms with E-state index in [1.807, 2.05) is 0 Å². The third-order valence-corrected chi connectivity index (χ3v) is 3.13. The Balaban J connectivity index is 2.08. The molecule has 1 heterocycles. The lowest BCUT2D eigenvalue weighted by Crippen LogP contribution is -2.07. The Morgan fingerprint density at radius 3 is 2.81 bits per heavy atom. The summed E-state index contributed by atoms with van der Waals surface area (Å²) in [6.07, 6.45) is 1.33. The predicted molar refractivity (Wildman–Crippen MR) is 81.2 cm³/mol. The van der Waals surface area contributed by atoms with Crippen molar-refractivity contribution in [2.45, 2.75) is 6.92 Å². The molecule has 0 bridgehead atoms. The van der Waals surface area contributed by atoms with Crippen LogP contribution in [-0.2, 0) is 0 Å². The Morgan fingerprint density at radius 1 is 1.24 bits per heavy atom. The molecular weight excluding hydrogens is 271 g/mol. The van der Waals surface area contributed by atoms with Crippen LogP contribution in [0.4, 0.5) is 21.5 Å². The summed E-state index contributed by atoms with van der Waals surface area (Å²) in [5.41, 5.74) is 8.56. The Hall–Kier alpha value is -2.89. The number of H-pyrrole nitrogens is 1. The number of hydrogen-bond donors (Lipinski definition) is 3. The lowest BCUT2D eigenvalue weighted by Gasteiger charge is -2.11. The molecule has 3 rings (SSSR count). The standard InChI is InChI=1S/C15H13FN4O/c1-8-2-9(16)4-10(3-8)20-14-6-13-11(5-12(14)17)15(21)19-7-18-13/h2-7,20H,17H2,1H3,(H,18,19,21). The summed E-state index contributed by atoms with van der Waals surface area (Å²) in [4.78, 5) is 18.3. The molecule has 106 valence electrons. The minimum absolute atomic E-state index is 0.250. The SMILES string of the molecule is Cc1cc(F)cc(Nc2cc3nc[nH]c(=O)c3cc2N)c1. The van der Waals surface area contributed by atoms with Crippen LogP contribution in [0.15, 0.2) is 41.5 Å². The monoisotopic (exact) mass is 284 g/mol. The number of nitrogen functional groups attached to an aromatic ring is 1. The molecule has 6 heteroatoms. The molecule has 0 aliphatic carbocycles. The molecule has 0 radical (unpaired) electrons. The van der Waals surface area contributed by atoms with Crippen molar-refractivity contribution in [1.82, 2.24) is 9.97 Å². The van der Waals surface area contributed by atoms with Gasteiger partial charge in [-0.3, -0.25) is 4.79 Å². The van der Waals surface area contributed by atoms with Crippen molar-refractivity contribution in [1.29, 1.82) is 0 Å². The molecule has 0 atom stereocenters. The van der Waals surface area contributed by atoms with Gasteiger partial charge in [-0.25, -0.2) is 9.37 Å². The Labute approximate surface area is 119 Å². The first-order chi connectivity index (χ1) is 10.0. The van der Waals surface area contributed by atoms with Gasteiger partial charge in [0, 0.05) is 5.69 Å². The Bertz CT molecular complexity index is 868. The van der Waals surface area contributed by atoms with Gasteiger partial charge in [0.2, 0.25) is 0 Å². The van der Waals surface area contributed by atoms with Crippen LogP contribution in [0.3, 0.4) is 0 Å². The lowest BCUT2D eigenvalue weighted by atomic mass is 10.1. The predicted octanol–water partition coefficient (Wildman–Crippen LogP) is 2.70. The van der Waals surface area contributed by atoms with Crippen LogP contribution in [0.1, 0.15) is 5.56 Å². The highest BCUT2D eigenvalue weighted by Gasteiger charge is 2.07. The number of benzene rings is 2. The van der Waals surface area contributed by atoms with E-state index in [-0.39, 0.29) is 11.4 Å². The largest absolute Gasteiger partial charge is 0.397 e. The normalized spacial score (nSPS) is 10.8. The van der Waals surface area contributed by atoms with Gasteiger partial charge >= 0.3 is 0 Å². The van der Waals surface area contributed by atoms with Crippen molar-refractivity contribution >= 4 is 28.0 Å². The molecule has 5 nitrogen and oxygen atoms in total. The fourth-order valence-electron chi connectivity index (χ4n) is 2.20. The Morgan fingerprint density at radius 2 is 2.05 bits per heavy atom. The third-order valence-electron chi connectivity index (χ3n) is 3.13. The topological polar surface area (TPSA) is 83.8 Å². The van der Waals surface area contributed by atoms with E-state index in [4.69, 9.17) is 5.73 Å². The zero-order valence-electron chi connectivity index (χ0n) is 11.3. The number of nitrogens with one attached hydrogen (secondary N) is 2. The minimum Gasteiger partial charge on any atom is -0.397 e. The summed E-state index contributed by atoms with van der Waals surface area (Å²) in [6, 6.07) is 7.84. The first kappa shape index (κ1) is 13.1. The van der Waals surface area contributed by atoms with Crippen molar-refractivity contribution in [3.05, 3.63) is 58.4 Å². The molecule has 0 aliphatic heterocycles. The smallest absolute Gasteiger partial charge is 0.258 e. The first-order valence-electron chi connectivity index (χ1n) is 6.34. The molecule has 0 saturated carbocycles. The van der Waals surface area contributed by atoms with E-state index in [9.17, 15) is 9.18 Å². The molecule has 0 fully saturated rings. The van der Waals surface area contributed by atoms with E-state index >= 15 is 0 Å². The van der Waals surface area contributed by atoms with Crippen molar-refractivity contribution < 1.29 is 4.39 Å². The van der Waals surface area contributed by atoms with Crippen LogP contribution in [-0.4, -0.2) is 9.97 Å². The van der Waals surface area contributed by atoms with Gasteiger partial charge in [0.1, 0.15) is 5.82 Å². The van der Waals surface area contributed by atoms with Gasteiger partial charge in [0.15, 0.2) is 0 Å². The number of hydrogen-bond acceptors (Lipinski definition) is 4. The van der Waals surface area contributed by atoms with Gasteiger partial charge in [-0.15, -0.1) is 0 Å². The Kier molecular flexibility index (Phi) is 3.06. The molecule has 0 amide bonds. The van der Waals surface area contributed by atoms with E-state index in [1.54, 1.807) is 25.1 Å². The lowest BCUT2D eigenvalue weighted by molar-refractivity contribution is 0.627. The van der Waals surface area contributed by atoms with E-state index in [0.29, 0.717) is 28.0 Å². The summed E-state index contributed by atoms with van der Waals surface area (Å²) in [5, 5.41) is 3.46. The van der Waals surface area contributed by atoms with E-state index < -0.39 is 0 Å². The van der Waals surface area contributed by atoms with Gasteiger partial charge in [-0.2, -0.15) is 0 Å². The number of fused-ring (bicyclic) bond motifs is 1. The quantitative estimate of drug-likeness (QED) is 0.632. The minimum atomic E-state index is -0.327. The van der Waals surface area contributed by atoms with E-state index in [2.05, 4.69) is 15.3 Å². The average molecular weight is 284 g/mol. The zero-order chi connectivity index (χ0) is 15.0. The number of aromatic amines is 1. The molecule has 0 unspecified atom stereocenters. The third kappa shape index (κ3) is 2.55. The van der Waals surface area contributed by atoms with Crippen LogP contribution < -0.4 is 16.6 Å². The number of aromatic nitrogens is 2. The number of aryl methyl sites for hydroxylation is 1. The number of nitrogens with zero attached hydrogens (tertiary/aromatic N) is 1. The molecule has 4 N–H and O–H groups in total. The maximum absolute atomic E-state index is 13.4. The van der Waals surface area contributed by atoms with Crippen molar-refractivity contribution in [3.8, 4) is 0 Å². The summed E-state index contributed by atoms with van der Waals surface area (Å²) in [6.45, 7) is 1.80. The first-order valence-corrected chi connectivity index (χ1v) is 6.34. The van der Waals surface area contributed by atoms with Crippen LogP contribution in [0.5, 0.6) is 0 Å². The molecule has 3 aromatic rings. The molecule has 0 saturated heterocycles. The maximum atomic E-state index is 13.4. The second-order valence-corrected chi connectivity index (χ2v) is 4.83. The van der Waals surface area contributed by atoms with E-state index in [0.717, 1.165) is 5.56 Å². The molecule has 21 heavy (non-hydrogen) atoms. The van der Waals surface area contributed by atoms with Crippen molar-refractivity contribution in [2.75, 3.05) is 11.1 Å². The second-order valence-electron chi connectivity index (χ2n) is 4.83. The highest BCUT2D eigenvalue weighted by Crippen LogP contribution is 2.27. The number of rotatable bonds is 2. The van der Waals surface area contributed by atoms with Gasteiger partial charge in [-0.1, -0.05) is 0 Å². The summed E-state index contributed by atoms with van der Waals surface area (Å²) in [5.74, 6) is -0.327. The fourth-order valence-corrected chi connectivity index (χ4v) is 2.20. The number of nitrogens with two attached hydrogens (primary N) is 1. The molecule has 2 aromatic carbocycles. The van der Waals surface area contributed by atoms with Gasteiger partial charge in [0.25, 0.3) is 5.56 Å². The summed E-state index contributed by atoms with van der Waals surface area (Å²) >= 11 is 0. The van der Waals surface area contributed by atoms with Crippen LogP contribution in [0.2, 0.25) is 0 Å². The summed E-state index contributed by atoms with van der Waals surface area (Å²) in [7, 11) is 0. The zero-order valence-corrected chi connectivity index (χ0v) is 11.3. The van der Waals surface area contributed by atoms with Crippen molar-refractivity contribution in [2.24, 2.45) is 0 Å². The molecular formula is C15H13FN4O. The average Bonchev–Trinajstić information content (AvgIpc) is 2.40. The highest BCUT2D eigenvalue weighted by atomic mass is 19.1. The maximum Gasteiger partial charge on any atom is 0.258 e. The van der Waals surface area contributed by atoms with Crippen LogP contribution >= 0.6 is 0 Å². The number of halogens is 1. The van der Waals surface area contributed by atoms with Crippen molar-refractivity contribution in [3.63, 3.8) is 0 Å². The highest BCUT2D eigenvalue weighted by molar-refractivity contribution is 5.89.